The zero-order chi connectivity index (χ0) is 23.1. The molecular weight excluding hydrogens is 432 g/mol. The van der Waals surface area contributed by atoms with Crippen LogP contribution in [-0.4, -0.2) is 29.1 Å². The largest absolute Gasteiger partial charge is 0.573 e. The molecule has 0 spiro atoms. The summed E-state index contributed by atoms with van der Waals surface area (Å²) in [6.07, 6.45) is -7.88. The average molecular weight is 447 g/mol. The van der Waals surface area contributed by atoms with Gasteiger partial charge in [0.25, 0.3) is 0 Å². The quantitative estimate of drug-likeness (QED) is 0.523. The number of aromatic nitrogens is 1. The molecule has 1 atom stereocenters. The number of halogens is 6. The fourth-order valence-corrected chi connectivity index (χ4v) is 3.41. The summed E-state index contributed by atoms with van der Waals surface area (Å²) in [4.78, 5) is 11.3. The monoisotopic (exact) mass is 447 g/mol. The summed E-state index contributed by atoms with van der Waals surface area (Å²) in [5, 5.41) is 9.17. The van der Waals surface area contributed by atoms with Crippen molar-refractivity contribution in [3.8, 4) is 11.5 Å². The summed E-state index contributed by atoms with van der Waals surface area (Å²) >= 11 is 0. The van der Waals surface area contributed by atoms with Gasteiger partial charge in [-0.1, -0.05) is 0 Å². The number of ether oxygens (including phenoxy) is 2. The Balaban J connectivity index is 2.23. The summed E-state index contributed by atoms with van der Waals surface area (Å²) in [6.45, 7) is 1.34. The maximum absolute atomic E-state index is 15.5. The van der Waals surface area contributed by atoms with Crippen LogP contribution in [0.15, 0.2) is 30.3 Å². The Morgan fingerprint density at radius 1 is 1.19 bits per heavy atom. The van der Waals surface area contributed by atoms with E-state index >= 15 is 4.39 Å². The molecule has 3 aromatic rings. The molecule has 1 unspecified atom stereocenters. The summed E-state index contributed by atoms with van der Waals surface area (Å²) in [7, 11) is 1.00. The molecule has 0 bridgehead atoms. The van der Waals surface area contributed by atoms with Crippen molar-refractivity contribution in [2.45, 2.75) is 26.0 Å². The van der Waals surface area contributed by atoms with Crippen molar-refractivity contribution < 1.29 is 45.7 Å². The van der Waals surface area contributed by atoms with E-state index in [-0.39, 0.29) is 22.2 Å². The normalized spacial score (nSPS) is 12.8. The van der Waals surface area contributed by atoms with Crippen LogP contribution in [0.3, 0.4) is 0 Å². The van der Waals surface area contributed by atoms with Gasteiger partial charge in [0.15, 0.2) is 17.4 Å². The van der Waals surface area contributed by atoms with Crippen LogP contribution in [0.2, 0.25) is 0 Å². The molecule has 31 heavy (non-hydrogen) atoms. The fraction of sp³-hybridized carbons (Fsp3) is 0.250. The van der Waals surface area contributed by atoms with Gasteiger partial charge in [-0.25, -0.2) is 13.2 Å². The summed E-state index contributed by atoms with van der Waals surface area (Å²) < 4.78 is 90.9. The van der Waals surface area contributed by atoms with Gasteiger partial charge >= 0.3 is 12.3 Å². The second-order valence-corrected chi connectivity index (χ2v) is 6.55. The van der Waals surface area contributed by atoms with Gasteiger partial charge in [-0.15, -0.1) is 13.2 Å². The van der Waals surface area contributed by atoms with Crippen molar-refractivity contribution in [3.05, 3.63) is 58.8 Å². The standard InChI is InChI=1S/C20H15F6NO4/c1-9-12(8-16(28)29)13-7-10(31-20(24,25)26)3-6-15(13)27(9)19(23)11-4-5-14(21)18(30-2)17(11)22/h3-7,19H,8H2,1-2H3,(H,28,29). The molecular formula is C20H15F6NO4. The number of methoxy groups -OCH3 is 1. The molecule has 5 nitrogen and oxygen atoms in total. The van der Waals surface area contributed by atoms with Crippen molar-refractivity contribution >= 4 is 16.9 Å². The number of fused-ring (bicyclic) bond motifs is 1. The molecule has 0 aliphatic rings. The minimum Gasteiger partial charge on any atom is -0.491 e. The zero-order valence-corrected chi connectivity index (χ0v) is 16.1. The molecule has 0 saturated heterocycles. The van der Waals surface area contributed by atoms with Crippen LogP contribution in [0, 0.1) is 18.6 Å². The number of nitrogens with zero attached hydrogens (tertiary/aromatic N) is 1. The summed E-state index contributed by atoms with van der Waals surface area (Å²) in [5.41, 5.74) is -0.543. The summed E-state index contributed by atoms with van der Waals surface area (Å²) in [5.74, 6) is -5.09. The third kappa shape index (κ3) is 4.25. The Bertz CT molecular complexity index is 1160. The van der Waals surface area contributed by atoms with Crippen molar-refractivity contribution in [3.63, 3.8) is 0 Å². The van der Waals surface area contributed by atoms with Crippen molar-refractivity contribution in [1.29, 1.82) is 0 Å². The van der Waals surface area contributed by atoms with Gasteiger partial charge in [0.05, 0.1) is 19.0 Å². The lowest BCUT2D eigenvalue weighted by Crippen LogP contribution is -2.17. The van der Waals surface area contributed by atoms with Crippen LogP contribution in [0.1, 0.15) is 23.1 Å². The van der Waals surface area contributed by atoms with E-state index in [0.717, 1.165) is 42.0 Å². The first-order valence-electron chi connectivity index (χ1n) is 8.71. The smallest absolute Gasteiger partial charge is 0.491 e. The Hall–Kier alpha value is -3.37. The van der Waals surface area contributed by atoms with Gasteiger partial charge in [0, 0.05) is 16.6 Å². The maximum Gasteiger partial charge on any atom is 0.573 e. The van der Waals surface area contributed by atoms with Gasteiger partial charge in [-0.05, 0) is 42.8 Å². The molecule has 0 saturated carbocycles. The Morgan fingerprint density at radius 2 is 1.87 bits per heavy atom. The van der Waals surface area contributed by atoms with Crippen molar-refractivity contribution in [2.75, 3.05) is 7.11 Å². The first-order valence-corrected chi connectivity index (χ1v) is 8.71. The fourth-order valence-electron chi connectivity index (χ4n) is 3.41. The number of alkyl halides is 4. The maximum atomic E-state index is 15.5. The van der Waals surface area contributed by atoms with E-state index in [0.29, 0.717) is 0 Å². The number of hydrogen-bond acceptors (Lipinski definition) is 3. The van der Waals surface area contributed by atoms with Crippen LogP contribution in [0.4, 0.5) is 26.3 Å². The minimum atomic E-state index is -4.99. The summed E-state index contributed by atoms with van der Waals surface area (Å²) in [6, 6.07) is 4.61. The molecule has 0 radical (unpaired) electrons. The highest BCUT2D eigenvalue weighted by Gasteiger charge is 2.32. The number of aliphatic carboxylic acids is 1. The lowest BCUT2D eigenvalue weighted by Gasteiger charge is -2.17. The van der Waals surface area contributed by atoms with Crippen LogP contribution < -0.4 is 9.47 Å². The number of benzene rings is 2. The molecule has 3 rings (SSSR count). The molecule has 0 fully saturated rings. The van der Waals surface area contributed by atoms with Gasteiger partial charge < -0.3 is 19.1 Å². The highest BCUT2D eigenvalue weighted by Crippen LogP contribution is 2.38. The number of carboxylic acid groups (broad SMARTS) is 1. The highest BCUT2D eigenvalue weighted by atomic mass is 19.4. The van der Waals surface area contributed by atoms with Gasteiger partial charge in [0.1, 0.15) is 5.75 Å². The molecule has 11 heteroatoms. The zero-order valence-electron chi connectivity index (χ0n) is 16.1. The van der Waals surface area contributed by atoms with Crippen LogP contribution >= 0.6 is 0 Å². The van der Waals surface area contributed by atoms with E-state index < -0.39 is 53.7 Å². The van der Waals surface area contributed by atoms with Crippen molar-refractivity contribution in [1.82, 2.24) is 4.57 Å². The molecule has 0 aliphatic carbocycles. The first-order chi connectivity index (χ1) is 14.4. The van der Waals surface area contributed by atoms with E-state index in [4.69, 9.17) is 0 Å². The number of carbonyl (C=O) groups is 1. The lowest BCUT2D eigenvalue weighted by molar-refractivity contribution is -0.274. The van der Waals surface area contributed by atoms with Crippen LogP contribution in [-0.2, 0) is 11.2 Å². The molecule has 1 heterocycles. The Kier molecular flexibility index (Phi) is 5.79. The van der Waals surface area contributed by atoms with Gasteiger partial charge in [0.2, 0.25) is 6.30 Å². The first kappa shape index (κ1) is 22.3. The van der Waals surface area contributed by atoms with E-state index in [9.17, 15) is 31.9 Å². The lowest BCUT2D eigenvalue weighted by atomic mass is 10.1. The second kappa shape index (κ2) is 8.05. The molecule has 1 aromatic heterocycles. The Labute approximate surface area is 171 Å². The average Bonchev–Trinajstić information content (AvgIpc) is 2.91. The van der Waals surface area contributed by atoms with Crippen molar-refractivity contribution in [2.24, 2.45) is 0 Å². The third-order valence-electron chi connectivity index (χ3n) is 4.68. The van der Waals surface area contributed by atoms with Gasteiger partial charge in [-0.2, -0.15) is 0 Å². The Morgan fingerprint density at radius 3 is 2.45 bits per heavy atom. The molecule has 1 N–H and O–H groups in total. The van der Waals surface area contributed by atoms with E-state index in [1.807, 2.05) is 0 Å². The number of rotatable bonds is 6. The van der Waals surface area contributed by atoms with Crippen LogP contribution in [0.5, 0.6) is 11.5 Å². The predicted molar refractivity (Wildman–Crippen MR) is 96.9 cm³/mol. The second-order valence-electron chi connectivity index (χ2n) is 6.55. The molecule has 2 aromatic carbocycles. The van der Waals surface area contributed by atoms with Gasteiger partial charge in [-0.3, -0.25) is 4.79 Å². The molecule has 0 aliphatic heterocycles. The number of carboxylic acids is 1. The predicted octanol–water partition coefficient (Wildman–Crippen LogP) is 5.28. The topological polar surface area (TPSA) is 60.7 Å². The van der Waals surface area contributed by atoms with Crippen LogP contribution in [0.25, 0.3) is 10.9 Å². The van der Waals surface area contributed by atoms with E-state index in [2.05, 4.69) is 9.47 Å². The highest BCUT2D eigenvalue weighted by molar-refractivity contribution is 5.90. The molecule has 0 amide bonds. The molecule has 166 valence electrons. The van der Waals surface area contributed by atoms with E-state index in [1.54, 1.807) is 0 Å². The minimum absolute atomic E-state index is 0.00142. The third-order valence-corrected chi connectivity index (χ3v) is 4.68. The number of hydrogen-bond donors (Lipinski definition) is 1. The SMILES string of the molecule is COc1c(F)ccc(C(F)n2c(C)c(CC(=O)O)c3cc(OC(F)(F)F)ccc32)c1F. The van der Waals surface area contributed by atoms with E-state index in [1.165, 1.54) is 6.92 Å².